The maximum Gasteiger partial charge on any atom is 0.191 e. The van der Waals surface area contributed by atoms with E-state index in [9.17, 15) is 0 Å². The number of rotatable bonds is 3. The largest absolute Gasteiger partial charge is 0.384 e. The minimum Gasteiger partial charge on any atom is -0.384 e. The predicted octanol–water partition coefficient (Wildman–Crippen LogP) is 3.70. The van der Waals surface area contributed by atoms with E-state index in [0.29, 0.717) is 11.0 Å². The third-order valence-electron chi connectivity index (χ3n) is 3.09. The van der Waals surface area contributed by atoms with Crippen LogP contribution >= 0.6 is 23.1 Å². The van der Waals surface area contributed by atoms with Gasteiger partial charge in [0.2, 0.25) is 0 Å². The van der Waals surface area contributed by atoms with Gasteiger partial charge in [-0.15, -0.1) is 11.3 Å². The monoisotopic (exact) mass is 327 g/mol. The van der Waals surface area contributed by atoms with Crippen LogP contribution in [0.2, 0.25) is 0 Å². The molecule has 110 valence electrons. The number of nitriles is 1. The lowest BCUT2D eigenvalue weighted by Gasteiger charge is -2.10. The quantitative estimate of drug-likeness (QED) is 0.583. The molecule has 0 amide bonds. The average Bonchev–Trinajstić information content (AvgIpc) is 2.85. The SMILES string of the molecule is Cc1cc2cc(C(C)Sc3nc(N)cc(C#N)n3)ncc2s1. The summed E-state index contributed by atoms with van der Waals surface area (Å²) in [7, 11) is 0. The predicted molar refractivity (Wildman–Crippen MR) is 89.8 cm³/mol. The first-order chi connectivity index (χ1) is 10.5. The molecule has 0 aliphatic heterocycles. The Bertz CT molecular complexity index is 881. The highest BCUT2D eigenvalue weighted by Gasteiger charge is 2.13. The molecule has 1 unspecified atom stereocenters. The van der Waals surface area contributed by atoms with Gasteiger partial charge in [-0.05, 0) is 31.4 Å². The summed E-state index contributed by atoms with van der Waals surface area (Å²) in [6.45, 7) is 4.13. The van der Waals surface area contributed by atoms with Crippen LogP contribution in [0.25, 0.3) is 10.1 Å². The molecule has 3 rings (SSSR count). The normalized spacial score (nSPS) is 12.2. The number of nitrogens with zero attached hydrogens (tertiary/aromatic N) is 4. The van der Waals surface area contributed by atoms with Crippen molar-refractivity contribution in [2.45, 2.75) is 24.3 Å². The fourth-order valence-electron chi connectivity index (χ4n) is 2.09. The summed E-state index contributed by atoms with van der Waals surface area (Å²) in [5.74, 6) is 0.304. The van der Waals surface area contributed by atoms with Gasteiger partial charge < -0.3 is 5.73 Å². The molecule has 2 N–H and O–H groups in total. The Morgan fingerprint density at radius 3 is 2.91 bits per heavy atom. The average molecular weight is 327 g/mol. The molecule has 3 aromatic rings. The highest BCUT2D eigenvalue weighted by molar-refractivity contribution is 7.99. The summed E-state index contributed by atoms with van der Waals surface area (Å²) in [6.07, 6.45) is 1.90. The first-order valence-electron chi connectivity index (χ1n) is 6.62. The van der Waals surface area contributed by atoms with E-state index in [4.69, 9.17) is 11.0 Å². The van der Waals surface area contributed by atoms with Gasteiger partial charge in [0, 0.05) is 17.1 Å². The van der Waals surface area contributed by atoms with E-state index in [2.05, 4.69) is 34.0 Å². The molecule has 0 saturated heterocycles. The summed E-state index contributed by atoms with van der Waals surface area (Å²) >= 11 is 3.18. The number of pyridine rings is 1. The number of hydrogen-bond acceptors (Lipinski definition) is 7. The van der Waals surface area contributed by atoms with Crippen molar-refractivity contribution in [2.24, 2.45) is 0 Å². The molecule has 0 fully saturated rings. The molecule has 3 heterocycles. The van der Waals surface area contributed by atoms with E-state index in [0.717, 1.165) is 5.69 Å². The van der Waals surface area contributed by atoms with Crippen molar-refractivity contribution >= 4 is 39.0 Å². The standard InChI is InChI=1S/C15H13N5S2/c1-8-3-10-4-12(18-7-13(10)21-8)9(2)22-15-19-11(6-16)5-14(17)20-15/h3-5,7,9H,1-2H3,(H2,17,19,20). The summed E-state index contributed by atoms with van der Waals surface area (Å²) in [4.78, 5) is 14.1. The third-order valence-corrected chi connectivity index (χ3v) is 5.08. The second-order valence-electron chi connectivity index (χ2n) is 4.84. The number of thiophene rings is 1. The van der Waals surface area contributed by atoms with Crippen LogP contribution in [0.4, 0.5) is 5.82 Å². The molecule has 0 bridgehead atoms. The number of aromatic nitrogens is 3. The number of hydrogen-bond donors (Lipinski definition) is 1. The molecule has 0 aliphatic rings. The Morgan fingerprint density at radius 2 is 2.14 bits per heavy atom. The summed E-state index contributed by atoms with van der Waals surface area (Å²) in [6, 6.07) is 7.71. The summed E-state index contributed by atoms with van der Waals surface area (Å²) < 4.78 is 1.19. The van der Waals surface area contributed by atoms with Gasteiger partial charge in [0.15, 0.2) is 5.16 Å². The molecular formula is C15H13N5S2. The maximum absolute atomic E-state index is 8.94. The van der Waals surface area contributed by atoms with Crippen LogP contribution < -0.4 is 5.73 Å². The molecule has 1 atom stereocenters. The minimum absolute atomic E-state index is 0.0675. The number of nitrogen functional groups attached to an aromatic ring is 1. The number of thioether (sulfide) groups is 1. The van der Waals surface area contributed by atoms with Gasteiger partial charge in [0.1, 0.15) is 17.6 Å². The Morgan fingerprint density at radius 1 is 1.32 bits per heavy atom. The molecule has 5 nitrogen and oxygen atoms in total. The van der Waals surface area contributed by atoms with Crippen molar-refractivity contribution in [3.63, 3.8) is 0 Å². The van der Waals surface area contributed by atoms with Gasteiger partial charge in [-0.25, -0.2) is 9.97 Å². The van der Waals surface area contributed by atoms with Crippen molar-refractivity contribution in [1.29, 1.82) is 5.26 Å². The Hall–Kier alpha value is -2.17. The van der Waals surface area contributed by atoms with Crippen molar-refractivity contribution < 1.29 is 0 Å². The van der Waals surface area contributed by atoms with Gasteiger partial charge >= 0.3 is 0 Å². The second-order valence-corrected chi connectivity index (χ2v) is 7.43. The van der Waals surface area contributed by atoms with Crippen molar-refractivity contribution in [3.05, 3.63) is 40.7 Å². The lowest BCUT2D eigenvalue weighted by molar-refractivity contribution is 0.937. The van der Waals surface area contributed by atoms with Crippen LogP contribution in [0.3, 0.4) is 0 Å². The second kappa shape index (κ2) is 5.91. The van der Waals surface area contributed by atoms with E-state index < -0.39 is 0 Å². The van der Waals surface area contributed by atoms with E-state index >= 15 is 0 Å². The molecule has 0 aliphatic carbocycles. The molecule has 0 aromatic carbocycles. The smallest absolute Gasteiger partial charge is 0.191 e. The minimum atomic E-state index is 0.0675. The fraction of sp³-hybridized carbons (Fsp3) is 0.200. The van der Waals surface area contributed by atoms with Crippen LogP contribution in [-0.4, -0.2) is 15.0 Å². The Kier molecular flexibility index (Phi) is 3.96. The zero-order chi connectivity index (χ0) is 15.7. The molecule has 0 saturated carbocycles. The van der Waals surface area contributed by atoms with Crippen LogP contribution in [0, 0.1) is 18.3 Å². The van der Waals surface area contributed by atoms with E-state index in [1.165, 1.54) is 32.8 Å². The van der Waals surface area contributed by atoms with Gasteiger partial charge in [0.25, 0.3) is 0 Å². The Balaban J connectivity index is 1.88. The van der Waals surface area contributed by atoms with Crippen LogP contribution in [0.1, 0.15) is 28.4 Å². The molecule has 0 spiro atoms. The number of fused-ring (bicyclic) bond motifs is 1. The van der Waals surface area contributed by atoms with Gasteiger partial charge in [-0.1, -0.05) is 11.8 Å². The van der Waals surface area contributed by atoms with Gasteiger partial charge in [-0.3, -0.25) is 4.98 Å². The topological polar surface area (TPSA) is 88.5 Å². The highest BCUT2D eigenvalue weighted by atomic mass is 32.2. The summed E-state index contributed by atoms with van der Waals surface area (Å²) in [5.41, 5.74) is 6.93. The van der Waals surface area contributed by atoms with Crippen molar-refractivity contribution in [3.8, 4) is 6.07 Å². The van der Waals surface area contributed by atoms with Crippen molar-refractivity contribution in [2.75, 3.05) is 5.73 Å². The van der Waals surface area contributed by atoms with Crippen LogP contribution in [-0.2, 0) is 0 Å². The first-order valence-corrected chi connectivity index (χ1v) is 8.32. The van der Waals surface area contributed by atoms with Crippen LogP contribution in [0.5, 0.6) is 0 Å². The number of anilines is 1. The highest BCUT2D eigenvalue weighted by Crippen LogP contribution is 2.34. The lowest BCUT2D eigenvalue weighted by Crippen LogP contribution is -1.99. The van der Waals surface area contributed by atoms with E-state index in [1.807, 2.05) is 19.2 Å². The zero-order valence-corrected chi connectivity index (χ0v) is 13.7. The number of aryl methyl sites for hydroxylation is 1. The molecular weight excluding hydrogens is 314 g/mol. The maximum atomic E-state index is 8.94. The molecule has 7 heteroatoms. The Labute approximate surface area is 136 Å². The first kappa shape index (κ1) is 14.8. The summed E-state index contributed by atoms with van der Waals surface area (Å²) in [5, 5.41) is 10.7. The van der Waals surface area contributed by atoms with Gasteiger partial charge in [0.05, 0.1) is 15.6 Å². The zero-order valence-electron chi connectivity index (χ0n) is 12.1. The number of nitrogens with two attached hydrogens (primary N) is 1. The van der Waals surface area contributed by atoms with Crippen LogP contribution in [0.15, 0.2) is 29.6 Å². The lowest BCUT2D eigenvalue weighted by atomic mass is 10.2. The van der Waals surface area contributed by atoms with E-state index in [1.54, 1.807) is 11.3 Å². The molecule has 3 aromatic heterocycles. The van der Waals surface area contributed by atoms with Gasteiger partial charge in [-0.2, -0.15) is 5.26 Å². The molecule has 22 heavy (non-hydrogen) atoms. The molecule has 0 radical (unpaired) electrons. The van der Waals surface area contributed by atoms with Crippen molar-refractivity contribution in [1.82, 2.24) is 15.0 Å². The fourth-order valence-corrected chi connectivity index (χ4v) is 3.84. The third kappa shape index (κ3) is 3.03. The van der Waals surface area contributed by atoms with E-state index in [-0.39, 0.29) is 10.9 Å².